The molecule has 2 aromatic heterocycles. The Kier molecular flexibility index (Phi) is 1.47. The lowest BCUT2D eigenvalue weighted by molar-refractivity contribution is 1.07. The molecule has 2 heterocycles. The van der Waals surface area contributed by atoms with Gasteiger partial charge in [0.1, 0.15) is 5.52 Å². The monoisotopic (exact) mass is 202 g/mol. The molecule has 0 bridgehead atoms. The zero-order chi connectivity index (χ0) is 9.71. The molecule has 70 valence electrons. The van der Waals surface area contributed by atoms with Crippen molar-refractivity contribution in [1.82, 2.24) is 10.2 Å². The zero-order valence-corrected chi connectivity index (χ0v) is 8.90. The molecule has 0 aliphatic heterocycles. The molecule has 0 amide bonds. The summed E-state index contributed by atoms with van der Waals surface area (Å²) in [4.78, 5) is 0. The van der Waals surface area contributed by atoms with Gasteiger partial charge in [0.15, 0.2) is 0 Å². The predicted molar refractivity (Wildman–Crippen MR) is 61.0 cm³/mol. The minimum atomic E-state index is 1.12. The Morgan fingerprint density at radius 3 is 2.93 bits per heavy atom. The number of aromatic amines is 1. The maximum Gasteiger partial charge on any atom is 0.111 e. The van der Waals surface area contributed by atoms with Crippen molar-refractivity contribution < 1.29 is 0 Å². The second-order valence-corrected chi connectivity index (χ2v) is 4.60. The van der Waals surface area contributed by atoms with Crippen molar-refractivity contribution >= 4 is 31.6 Å². The van der Waals surface area contributed by atoms with E-state index in [0.29, 0.717) is 0 Å². The van der Waals surface area contributed by atoms with Crippen LogP contribution in [0.4, 0.5) is 0 Å². The first-order chi connectivity index (χ1) is 6.77. The number of aryl methyl sites for hydroxylation is 2. The molecule has 3 aromatic rings. The van der Waals surface area contributed by atoms with E-state index < -0.39 is 0 Å². The fourth-order valence-corrected chi connectivity index (χ4v) is 2.96. The van der Waals surface area contributed by atoms with Crippen molar-refractivity contribution in [3.63, 3.8) is 0 Å². The number of aromatic nitrogens is 2. The summed E-state index contributed by atoms with van der Waals surface area (Å²) in [6, 6.07) is 6.38. The van der Waals surface area contributed by atoms with Crippen molar-refractivity contribution in [1.29, 1.82) is 0 Å². The largest absolute Gasteiger partial charge is 0.281 e. The topological polar surface area (TPSA) is 28.7 Å². The summed E-state index contributed by atoms with van der Waals surface area (Å²) in [6.45, 7) is 4.22. The van der Waals surface area contributed by atoms with Crippen molar-refractivity contribution in [2.24, 2.45) is 0 Å². The maximum absolute atomic E-state index is 4.33. The van der Waals surface area contributed by atoms with Gasteiger partial charge in [-0.2, -0.15) is 5.10 Å². The van der Waals surface area contributed by atoms with Crippen LogP contribution in [0.3, 0.4) is 0 Å². The first-order valence-electron chi connectivity index (χ1n) is 4.60. The number of hydrogen-bond acceptors (Lipinski definition) is 2. The Hall–Kier alpha value is -1.35. The molecule has 0 atom stereocenters. The molecule has 3 heteroatoms. The Bertz CT molecular complexity index is 619. The molecule has 1 N–H and O–H groups in total. The molecule has 0 spiro atoms. The normalized spacial score (nSPS) is 11.6. The lowest BCUT2D eigenvalue weighted by Gasteiger charge is -1.92. The van der Waals surface area contributed by atoms with Crippen LogP contribution in [-0.4, -0.2) is 10.2 Å². The molecular weight excluding hydrogens is 192 g/mol. The van der Waals surface area contributed by atoms with E-state index in [1.54, 1.807) is 0 Å². The van der Waals surface area contributed by atoms with Gasteiger partial charge in [-0.25, -0.2) is 0 Å². The van der Waals surface area contributed by atoms with Crippen molar-refractivity contribution in [3.05, 3.63) is 29.5 Å². The van der Waals surface area contributed by atoms with Crippen LogP contribution in [0.15, 0.2) is 18.2 Å². The van der Waals surface area contributed by atoms with Crippen LogP contribution >= 0.6 is 11.3 Å². The van der Waals surface area contributed by atoms with Crippen molar-refractivity contribution in [3.8, 4) is 0 Å². The van der Waals surface area contributed by atoms with E-state index in [-0.39, 0.29) is 0 Å². The fraction of sp³-hybridized carbons (Fsp3) is 0.182. The highest BCUT2D eigenvalue weighted by molar-refractivity contribution is 7.26. The number of fused-ring (bicyclic) bond motifs is 3. The number of H-pyrrole nitrogens is 1. The molecule has 0 fully saturated rings. The molecule has 1 aromatic carbocycles. The average molecular weight is 202 g/mol. The molecule has 0 saturated heterocycles. The van der Waals surface area contributed by atoms with E-state index in [0.717, 1.165) is 5.52 Å². The molecule has 0 unspecified atom stereocenters. The van der Waals surface area contributed by atoms with Gasteiger partial charge in [-0.3, -0.25) is 5.10 Å². The minimum absolute atomic E-state index is 1.12. The average Bonchev–Trinajstić information content (AvgIpc) is 2.69. The number of nitrogens with zero attached hydrogens (tertiary/aromatic N) is 1. The minimum Gasteiger partial charge on any atom is -0.281 e. The lowest BCUT2D eigenvalue weighted by atomic mass is 10.2. The van der Waals surface area contributed by atoms with E-state index >= 15 is 0 Å². The summed E-state index contributed by atoms with van der Waals surface area (Å²) >= 11 is 1.83. The van der Waals surface area contributed by atoms with Gasteiger partial charge in [-0.05, 0) is 19.4 Å². The number of rotatable bonds is 0. The van der Waals surface area contributed by atoms with Gasteiger partial charge in [0.25, 0.3) is 0 Å². The predicted octanol–water partition coefficient (Wildman–Crippen LogP) is 3.39. The highest BCUT2D eigenvalue weighted by atomic mass is 32.1. The molecule has 2 nitrogen and oxygen atoms in total. The molecule has 0 radical (unpaired) electrons. The highest BCUT2D eigenvalue weighted by Gasteiger charge is 2.10. The smallest absolute Gasteiger partial charge is 0.111 e. The molecule has 0 saturated carbocycles. The third-order valence-electron chi connectivity index (χ3n) is 2.56. The number of thiophene rings is 1. The van der Waals surface area contributed by atoms with Gasteiger partial charge in [0.2, 0.25) is 0 Å². The van der Waals surface area contributed by atoms with Gasteiger partial charge in [0, 0.05) is 15.8 Å². The second-order valence-electron chi connectivity index (χ2n) is 3.58. The summed E-state index contributed by atoms with van der Waals surface area (Å²) in [6.07, 6.45) is 0. The van der Waals surface area contributed by atoms with Crippen LogP contribution in [0.2, 0.25) is 0 Å². The summed E-state index contributed by atoms with van der Waals surface area (Å²) in [5.41, 5.74) is 3.62. The summed E-state index contributed by atoms with van der Waals surface area (Å²) in [5, 5.41) is 8.63. The Balaban J connectivity index is 2.63. The third kappa shape index (κ3) is 0.876. The zero-order valence-electron chi connectivity index (χ0n) is 8.09. The number of hydrogen-bond donors (Lipinski definition) is 1. The standard InChI is InChI=1S/C11H10N2S/c1-6-4-3-5-8-9-11(14-10(6)8)7(2)12-13-9/h3-5H,1-2H3,(H,12,13). The summed E-state index contributed by atoms with van der Waals surface area (Å²) in [7, 11) is 0. The van der Waals surface area contributed by atoms with Crippen LogP contribution in [0.25, 0.3) is 20.3 Å². The summed E-state index contributed by atoms with van der Waals surface area (Å²) in [5.74, 6) is 0. The molecular formula is C11H10N2S. The Labute approximate surface area is 85.6 Å². The molecule has 14 heavy (non-hydrogen) atoms. The van der Waals surface area contributed by atoms with E-state index in [2.05, 4.69) is 42.2 Å². The SMILES string of the molecule is Cc1cccc2c1sc1c(C)[nH]nc12. The van der Waals surface area contributed by atoms with E-state index in [9.17, 15) is 0 Å². The van der Waals surface area contributed by atoms with Crippen molar-refractivity contribution in [2.45, 2.75) is 13.8 Å². The van der Waals surface area contributed by atoms with Gasteiger partial charge >= 0.3 is 0 Å². The van der Waals surface area contributed by atoms with Crippen LogP contribution in [0.1, 0.15) is 11.3 Å². The van der Waals surface area contributed by atoms with Crippen LogP contribution in [0, 0.1) is 13.8 Å². The van der Waals surface area contributed by atoms with E-state index in [1.165, 1.54) is 26.0 Å². The van der Waals surface area contributed by atoms with E-state index in [1.807, 2.05) is 11.3 Å². The van der Waals surface area contributed by atoms with E-state index in [4.69, 9.17) is 0 Å². The van der Waals surface area contributed by atoms with Crippen molar-refractivity contribution in [2.75, 3.05) is 0 Å². The van der Waals surface area contributed by atoms with Gasteiger partial charge in [0.05, 0.1) is 4.70 Å². The van der Waals surface area contributed by atoms with Crippen LogP contribution in [-0.2, 0) is 0 Å². The first kappa shape index (κ1) is 8.00. The molecule has 0 aliphatic carbocycles. The number of nitrogens with one attached hydrogen (secondary N) is 1. The second kappa shape index (κ2) is 2.58. The molecule has 0 aliphatic rings. The fourth-order valence-electron chi connectivity index (χ4n) is 1.80. The van der Waals surface area contributed by atoms with Gasteiger partial charge < -0.3 is 0 Å². The molecule has 3 rings (SSSR count). The Morgan fingerprint density at radius 2 is 2.07 bits per heavy atom. The Morgan fingerprint density at radius 1 is 1.21 bits per heavy atom. The summed E-state index contributed by atoms with van der Waals surface area (Å²) < 4.78 is 2.65. The van der Waals surface area contributed by atoms with Crippen LogP contribution < -0.4 is 0 Å². The van der Waals surface area contributed by atoms with Gasteiger partial charge in [-0.1, -0.05) is 18.2 Å². The third-order valence-corrected chi connectivity index (χ3v) is 4.01. The van der Waals surface area contributed by atoms with Crippen LogP contribution in [0.5, 0.6) is 0 Å². The number of benzene rings is 1. The quantitative estimate of drug-likeness (QED) is 0.594. The first-order valence-corrected chi connectivity index (χ1v) is 5.42. The van der Waals surface area contributed by atoms with Gasteiger partial charge in [-0.15, -0.1) is 11.3 Å². The maximum atomic E-state index is 4.33. The lowest BCUT2D eigenvalue weighted by Crippen LogP contribution is -1.73. The highest BCUT2D eigenvalue weighted by Crippen LogP contribution is 2.35.